The van der Waals surface area contributed by atoms with Crippen LogP contribution in [0.4, 0.5) is 5.69 Å². The predicted octanol–water partition coefficient (Wildman–Crippen LogP) is 1.94. The lowest BCUT2D eigenvalue weighted by Gasteiger charge is -2.36. The molecule has 0 radical (unpaired) electrons. The van der Waals surface area contributed by atoms with Crippen molar-refractivity contribution in [2.75, 3.05) is 18.0 Å². The number of halogens is 1. The number of hydrogen-bond acceptors (Lipinski definition) is 3. The van der Waals surface area contributed by atoms with Crippen molar-refractivity contribution in [1.82, 2.24) is 0 Å². The van der Waals surface area contributed by atoms with Crippen molar-refractivity contribution in [3.8, 4) is 0 Å². The van der Waals surface area contributed by atoms with Gasteiger partial charge in [0.2, 0.25) is 0 Å². The normalized spacial score (nSPS) is 24.1. The van der Waals surface area contributed by atoms with Crippen molar-refractivity contribution in [3.05, 3.63) is 28.2 Å². The monoisotopic (exact) mass is 311 g/mol. The van der Waals surface area contributed by atoms with Gasteiger partial charge in [0.05, 0.1) is 6.10 Å². The zero-order chi connectivity index (χ0) is 13.3. The Morgan fingerprint density at radius 3 is 2.89 bits per heavy atom. The summed E-state index contributed by atoms with van der Waals surface area (Å²) in [5.74, 6) is 0.389. The molecule has 0 amide bonds. The fourth-order valence-electron chi connectivity index (χ4n) is 2.26. The molecule has 1 heterocycles. The van der Waals surface area contributed by atoms with Gasteiger partial charge in [-0.15, -0.1) is 0 Å². The van der Waals surface area contributed by atoms with E-state index in [1.807, 2.05) is 18.2 Å². The number of nitrogens with two attached hydrogens (primary N) is 1. The number of anilines is 1. The van der Waals surface area contributed by atoms with Gasteiger partial charge in [-0.3, -0.25) is 5.41 Å². The Morgan fingerprint density at radius 1 is 1.56 bits per heavy atom. The van der Waals surface area contributed by atoms with E-state index in [0.717, 1.165) is 28.7 Å². The highest BCUT2D eigenvalue weighted by Crippen LogP contribution is 2.29. The minimum atomic E-state index is -0.322. The molecule has 4 N–H and O–H groups in total. The Morgan fingerprint density at radius 2 is 2.28 bits per heavy atom. The summed E-state index contributed by atoms with van der Waals surface area (Å²) in [7, 11) is 0. The molecule has 1 fully saturated rings. The molecule has 2 atom stereocenters. The standard InChI is InChI=1S/C13H18BrN3O/c1-8-4-5-17(7-12(8)18)11-6-9(14)2-3-10(11)13(15)16/h2-3,6,8,12,18H,4-5,7H2,1H3,(H3,15,16). The van der Waals surface area contributed by atoms with E-state index in [0.29, 0.717) is 12.5 Å². The van der Waals surface area contributed by atoms with Crippen LogP contribution in [0, 0.1) is 11.3 Å². The average Bonchev–Trinajstić information content (AvgIpc) is 2.32. The van der Waals surface area contributed by atoms with E-state index < -0.39 is 0 Å². The molecular formula is C13H18BrN3O. The number of aliphatic hydroxyl groups is 1. The zero-order valence-corrected chi connectivity index (χ0v) is 11.9. The van der Waals surface area contributed by atoms with E-state index in [1.54, 1.807) is 0 Å². The molecule has 1 aromatic carbocycles. The minimum absolute atomic E-state index is 0.0608. The molecule has 1 aliphatic heterocycles. The van der Waals surface area contributed by atoms with Gasteiger partial charge < -0.3 is 15.7 Å². The highest BCUT2D eigenvalue weighted by molar-refractivity contribution is 9.10. The molecule has 0 spiro atoms. The van der Waals surface area contributed by atoms with Gasteiger partial charge in [0.1, 0.15) is 5.84 Å². The van der Waals surface area contributed by atoms with Crippen molar-refractivity contribution < 1.29 is 5.11 Å². The van der Waals surface area contributed by atoms with Crippen LogP contribution in [0.2, 0.25) is 0 Å². The summed E-state index contributed by atoms with van der Waals surface area (Å²) in [5.41, 5.74) is 7.25. The quantitative estimate of drug-likeness (QED) is 0.577. The van der Waals surface area contributed by atoms with E-state index >= 15 is 0 Å². The highest BCUT2D eigenvalue weighted by atomic mass is 79.9. The molecular weight excluding hydrogens is 294 g/mol. The lowest BCUT2D eigenvalue weighted by molar-refractivity contribution is 0.103. The second kappa shape index (κ2) is 5.28. The first-order chi connectivity index (χ1) is 8.49. The maximum atomic E-state index is 9.97. The molecule has 0 aromatic heterocycles. The molecule has 5 heteroatoms. The lowest BCUT2D eigenvalue weighted by Crippen LogP contribution is -2.43. The molecule has 2 rings (SSSR count). The lowest BCUT2D eigenvalue weighted by atomic mass is 9.95. The van der Waals surface area contributed by atoms with Crippen LogP contribution in [0.15, 0.2) is 22.7 Å². The summed E-state index contributed by atoms with van der Waals surface area (Å²) in [4.78, 5) is 2.10. The number of nitrogen functional groups attached to an aromatic ring is 1. The first-order valence-corrected chi connectivity index (χ1v) is 6.85. The summed E-state index contributed by atoms with van der Waals surface area (Å²) >= 11 is 3.44. The molecule has 1 saturated heterocycles. The van der Waals surface area contributed by atoms with Gasteiger partial charge in [0.25, 0.3) is 0 Å². The number of β-amino-alcohol motifs (C(OH)–C–C–N with tert-alkyl or cyclic N) is 1. The van der Waals surface area contributed by atoms with E-state index in [4.69, 9.17) is 11.1 Å². The third-order valence-electron chi connectivity index (χ3n) is 3.51. The number of nitrogens with one attached hydrogen (secondary N) is 1. The Kier molecular flexibility index (Phi) is 3.92. The van der Waals surface area contributed by atoms with Gasteiger partial charge in [0.15, 0.2) is 0 Å². The van der Waals surface area contributed by atoms with Crippen LogP contribution < -0.4 is 10.6 Å². The third-order valence-corrected chi connectivity index (χ3v) is 4.00. The molecule has 1 aliphatic rings. The summed E-state index contributed by atoms with van der Waals surface area (Å²) < 4.78 is 0.954. The van der Waals surface area contributed by atoms with Crippen molar-refractivity contribution in [1.29, 1.82) is 5.41 Å². The smallest absolute Gasteiger partial charge is 0.124 e. The number of nitrogens with zero attached hydrogens (tertiary/aromatic N) is 1. The van der Waals surface area contributed by atoms with Gasteiger partial charge in [-0.05, 0) is 30.5 Å². The first kappa shape index (κ1) is 13.4. The Bertz CT molecular complexity index is 464. The van der Waals surface area contributed by atoms with Crippen LogP contribution in [0.3, 0.4) is 0 Å². The Labute approximate surface area is 115 Å². The van der Waals surface area contributed by atoms with E-state index in [1.165, 1.54) is 0 Å². The second-order valence-electron chi connectivity index (χ2n) is 4.85. The SMILES string of the molecule is CC1CCN(c2cc(Br)ccc2C(=N)N)CC1O. The summed E-state index contributed by atoms with van der Waals surface area (Å²) in [5, 5.41) is 17.6. The van der Waals surface area contributed by atoms with E-state index in [9.17, 15) is 5.11 Å². The first-order valence-electron chi connectivity index (χ1n) is 6.06. The van der Waals surface area contributed by atoms with Crippen LogP contribution >= 0.6 is 15.9 Å². The van der Waals surface area contributed by atoms with Crippen molar-refractivity contribution in [2.45, 2.75) is 19.4 Å². The van der Waals surface area contributed by atoms with Gasteiger partial charge in [-0.25, -0.2) is 0 Å². The molecule has 98 valence electrons. The van der Waals surface area contributed by atoms with E-state index in [2.05, 4.69) is 27.8 Å². The molecule has 0 saturated carbocycles. The van der Waals surface area contributed by atoms with Gasteiger partial charge in [0, 0.05) is 28.8 Å². The fourth-order valence-corrected chi connectivity index (χ4v) is 2.61. The van der Waals surface area contributed by atoms with Crippen molar-refractivity contribution in [2.24, 2.45) is 11.7 Å². The molecule has 0 bridgehead atoms. The average molecular weight is 312 g/mol. The number of piperidine rings is 1. The highest BCUT2D eigenvalue weighted by Gasteiger charge is 2.26. The van der Waals surface area contributed by atoms with Crippen molar-refractivity contribution in [3.63, 3.8) is 0 Å². The topological polar surface area (TPSA) is 73.3 Å². The van der Waals surface area contributed by atoms with Crippen LogP contribution in [0.1, 0.15) is 18.9 Å². The maximum Gasteiger partial charge on any atom is 0.124 e. The Hall–Kier alpha value is -1.07. The number of amidine groups is 1. The van der Waals surface area contributed by atoms with Crippen LogP contribution in [0.25, 0.3) is 0 Å². The molecule has 2 unspecified atom stereocenters. The fraction of sp³-hybridized carbons (Fsp3) is 0.462. The van der Waals surface area contributed by atoms with Crippen LogP contribution in [-0.2, 0) is 0 Å². The Balaban J connectivity index is 2.32. The number of hydrogen-bond donors (Lipinski definition) is 3. The maximum absolute atomic E-state index is 9.97. The molecule has 18 heavy (non-hydrogen) atoms. The third kappa shape index (κ3) is 2.67. The zero-order valence-electron chi connectivity index (χ0n) is 10.4. The summed E-state index contributed by atoms with van der Waals surface area (Å²) in [6, 6.07) is 5.68. The van der Waals surface area contributed by atoms with Gasteiger partial charge >= 0.3 is 0 Å². The molecule has 4 nitrogen and oxygen atoms in total. The summed E-state index contributed by atoms with van der Waals surface area (Å²) in [6.07, 6.45) is 0.628. The van der Waals surface area contributed by atoms with Crippen molar-refractivity contribution >= 4 is 27.5 Å². The van der Waals surface area contributed by atoms with E-state index in [-0.39, 0.29) is 11.9 Å². The van der Waals surface area contributed by atoms with Crippen LogP contribution in [-0.4, -0.2) is 30.1 Å². The van der Waals surface area contributed by atoms with Crippen LogP contribution in [0.5, 0.6) is 0 Å². The number of aliphatic hydroxyl groups excluding tert-OH is 1. The number of rotatable bonds is 2. The second-order valence-corrected chi connectivity index (χ2v) is 5.77. The van der Waals surface area contributed by atoms with Gasteiger partial charge in [-0.2, -0.15) is 0 Å². The number of benzene rings is 1. The van der Waals surface area contributed by atoms with Gasteiger partial charge in [-0.1, -0.05) is 22.9 Å². The minimum Gasteiger partial charge on any atom is -0.391 e. The largest absolute Gasteiger partial charge is 0.391 e. The summed E-state index contributed by atoms with van der Waals surface area (Å²) in [6.45, 7) is 3.54. The predicted molar refractivity (Wildman–Crippen MR) is 77.2 cm³/mol. The molecule has 1 aromatic rings. The molecule has 0 aliphatic carbocycles.